The predicted molar refractivity (Wildman–Crippen MR) is 48.3 cm³/mol. The van der Waals surface area contributed by atoms with Gasteiger partial charge in [-0.25, -0.2) is 17.9 Å². The Morgan fingerprint density at radius 2 is 2.00 bits per heavy atom. The van der Waals surface area contributed by atoms with Gasteiger partial charge in [-0.1, -0.05) is 6.58 Å². The summed E-state index contributed by atoms with van der Waals surface area (Å²) in [5.74, 6) is -0.716. The molecule has 0 bridgehead atoms. The van der Waals surface area contributed by atoms with Gasteiger partial charge in [-0.2, -0.15) is 0 Å². The smallest absolute Gasteiger partial charge is 0.334 e. The molecule has 0 spiro atoms. The second-order valence-electron chi connectivity index (χ2n) is 2.50. The molecule has 0 heterocycles. The highest BCUT2D eigenvalue weighted by Gasteiger charge is 2.22. The van der Waals surface area contributed by atoms with Crippen molar-refractivity contribution in [3.05, 3.63) is 12.2 Å². The maximum atomic E-state index is 11.0. The van der Waals surface area contributed by atoms with Crippen molar-refractivity contribution in [1.82, 2.24) is 4.72 Å². The number of carbonyl (C=O) groups excluding carboxylic acids is 1. The van der Waals surface area contributed by atoms with Crippen LogP contribution in [-0.4, -0.2) is 26.9 Å². The lowest BCUT2D eigenvalue weighted by molar-refractivity contribution is -0.140. The third-order valence-electron chi connectivity index (χ3n) is 1.34. The Morgan fingerprint density at radius 1 is 1.54 bits per heavy atom. The largest absolute Gasteiger partial charge is 0.441 e. The number of nitrogens with one attached hydrogen (secondary N) is 1. The second kappa shape index (κ2) is 4.38. The van der Waals surface area contributed by atoms with E-state index in [0.29, 0.717) is 0 Å². The van der Waals surface area contributed by atoms with Crippen LogP contribution in [0.4, 0.5) is 0 Å². The topological polar surface area (TPSA) is 72.5 Å². The summed E-state index contributed by atoms with van der Waals surface area (Å²) in [4.78, 5) is 10.9. The lowest BCUT2D eigenvalue weighted by Gasteiger charge is -2.12. The van der Waals surface area contributed by atoms with Crippen LogP contribution in [-0.2, 0) is 19.6 Å². The molecule has 1 N–H and O–H groups in total. The minimum Gasteiger partial charge on any atom is -0.441 e. The molecule has 0 amide bonds. The van der Waals surface area contributed by atoms with Gasteiger partial charge < -0.3 is 4.74 Å². The first-order valence-corrected chi connectivity index (χ1v) is 5.14. The standard InChI is InChI=1S/C7H13NO4S/c1-5(2)7(9)12-6(3)13(10,11)8-4/h6,8H,1H2,2-4H3. The van der Waals surface area contributed by atoms with E-state index in [9.17, 15) is 13.2 Å². The third-order valence-corrected chi connectivity index (χ3v) is 2.88. The van der Waals surface area contributed by atoms with Crippen molar-refractivity contribution in [1.29, 1.82) is 0 Å². The van der Waals surface area contributed by atoms with Gasteiger partial charge in [0.2, 0.25) is 15.5 Å². The van der Waals surface area contributed by atoms with Gasteiger partial charge in [0.25, 0.3) is 0 Å². The van der Waals surface area contributed by atoms with Crippen molar-refractivity contribution in [2.24, 2.45) is 0 Å². The lowest BCUT2D eigenvalue weighted by atomic mass is 10.4. The zero-order valence-electron chi connectivity index (χ0n) is 7.83. The molecular weight excluding hydrogens is 194 g/mol. The fourth-order valence-electron chi connectivity index (χ4n) is 0.481. The summed E-state index contributed by atoms with van der Waals surface area (Å²) < 4.78 is 28.7. The first-order valence-electron chi connectivity index (χ1n) is 3.60. The lowest BCUT2D eigenvalue weighted by Crippen LogP contribution is -2.33. The minimum absolute atomic E-state index is 0.165. The van der Waals surface area contributed by atoms with Gasteiger partial charge in [-0.15, -0.1) is 0 Å². The number of sulfonamides is 1. The molecule has 0 aromatic heterocycles. The summed E-state index contributed by atoms with van der Waals surface area (Å²) in [6, 6.07) is 0. The molecule has 5 nitrogen and oxygen atoms in total. The van der Waals surface area contributed by atoms with E-state index in [-0.39, 0.29) is 5.57 Å². The van der Waals surface area contributed by atoms with Crippen LogP contribution in [0.25, 0.3) is 0 Å². The Bertz CT molecular complexity index is 306. The van der Waals surface area contributed by atoms with Crippen molar-refractivity contribution < 1.29 is 17.9 Å². The molecule has 0 aromatic rings. The highest BCUT2D eigenvalue weighted by molar-refractivity contribution is 7.89. The van der Waals surface area contributed by atoms with E-state index in [1.165, 1.54) is 20.9 Å². The van der Waals surface area contributed by atoms with Gasteiger partial charge in [0.1, 0.15) is 0 Å². The highest BCUT2D eigenvalue weighted by Crippen LogP contribution is 2.03. The monoisotopic (exact) mass is 207 g/mol. The predicted octanol–water partition coefficient (Wildman–Crippen LogP) is 0.000900. The number of rotatable bonds is 4. The van der Waals surface area contributed by atoms with E-state index in [1.54, 1.807) is 0 Å². The quantitative estimate of drug-likeness (QED) is 0.520. The highest BCUT2D eigenvalue weighted by atomic mass is 32.2. The number of ether oxygens (including phenoxy) is 1. The number of hydrogen-bond donors (Lipinski definition) is 1. The minimum atomic E-state index is -3.56. The maximum absolute atomic E-state index is 11.0. The van der Waals surface area contributed by atoms with Crippen molar-refractivity contribution >= 4 is 16.0 Å². The summed E-state index contributed by atoms with van der Waals surface area (Å²) >= 11 is 0. The second-order valence-corrected chi connectivity index (χ2v) is 4.66. The Hall–Kier alpha value is -0.880. The molecule has 1 unspecified atom stereocenters. The molecule has 0 radical (unpaired) electrons. The number of carbonyl (C=O) groups is 1. The number of hydrogen-bond acceptors (Lipinski definition) is 4. The van der Waals surface area contributed by atoms with Gasteiger partial charge in [0.05, 0.1) is 0 Å². The fraction of sp³-hybridized carbons (Fsp3) is 0.571. The summed E-state index contributed by atoms with van der Waals surface area (Å²) in [6.45, 7) is 6.04. The zero-order valence-corrected chi connectivity index (χ0v) is 8.64. The Labute approximate surface area is 77.8 Å². The van der Waals surface area contributed by atoms with Crippen molar-refractivity contribution in [3.63, 3.8) is 0 Å². The Kier molecular flexibility index (Phi) is 4.09. The van der Waals surface area contributed by atoms with E-state index in [2.05, 4.69) is 16.0 Å². The van der Waals surface area contributed by atoms with Crippen molar-refractivity contribution in [2.75, 3.05) is 7.05 Å². The molecule has 0 aliphatic rings. The Morgan fingerprint density at radius 3 is 2.31 bits per heavy atom. The van der Waals surface area contributed by atoms with Gasteiger partial charge in [0.15, 0.2) is 0 Å². The van der Waals surface area contributed by atoms with Crippen LogP contribution < -0.4 is 4.72 Å². The Balaban J connectivity index is 4.41. The van der Waals surface area contributed by atoms with Crippen molar-refractivity contribution in [3.8, 4) is 0 Å². The van der Waals surface area contributed by atoms with E-state index < -0.39 is 21.4 Å². The maximum Gasteiger partial charge on any atom is 0.334 e. The van der Waals surface area contributed by atoms with E-state index in [4.69, 9.17) is 0 Å². The first-order chi connectivity index (χ1) is 5.81. The van der Waals surface area contributed by atoms with Crippen LogP contribution in [0.3, 0.4) is 0 Å². The molecule has 1 atom stereocenters. The van der Waals surface area contributed by atoms with E-state index in [0.717, 1.165) is 0 Å². The molecule has 0 aromatic carbocycles. The molecule has 0 aliphatic carbocycles. The van der Waals surface area contributed by atoms with Gasteiger partial charge >= 0.3 is 5.97 Å². The average Bonchev–Trinajstić information content (AvgIpc) is 2.04. The molecule has 0 aliphatic heterocycles. The molecule has 6 heteroatoms. The SMILES string of the molecule is C=C(C)C(=O)OC(C)S(=O)(=O)NC. The zero-order chi connectivity index (χ0) is 10.6. The van der Waals surface area contributed by atoms with Gasteiger partial charge in [-0.3, -0.25) is 0 Å². The molecule has 0 fully saturated rings. The van der Waals surface area contributed by atoms with E-state index >= 15 is 0 Å². The van der Waals surface area contributed by atoms with Crippen LogP contribution in [0.1, 0.15) is 13.8 Å². The average molecular weight is 207 g/mol. The summed E-state index contributed by atoms with van der Waals surface area (Å²) in [5, 5.41) is 0. The van der Waals surface area contributed by atoms with Crippen LogP contribution in [0.2, 0.25) is 0 Å². The molecular formula is C7H13NO4S. The first kappa shape index (κ1) is 12.1. The molecule has 13 heavy (non-hydrogen) atoms. The molecule has 0 saturated heterocycles. The fourth-order valence-corrected chi connectivity index (χ4v) is 1.03. The molecule has 0 rings (SSSR count). The summed E-state index contributed by atoms with van der Waals surface area (Å²) in [6.07, 6.45) is 0. The molecule has 0 saturated carbocycles. The van der Waals surface area contributed by atoms with Gasteiger partial charge in [0, 0.05) is 5.57 Å². The van der Waals surface area contributed by atoms with E-state index in [1.807, 2.05) is 0 Å². The van der Waals surface area contributed by atoms with Crippen molar-refractivity contribution in [2.45, 2.75) is 19.3 Å². The van der Waals surface area contributed by atoms with Gasteiger partial charge in [-0.05, 0) is 20.9 Å². The van der Waals surface area contributed by atoms with Crippen LogP contribution in [0.15, 0.2) is 12.2 Å². The summed E-state index contributed by atoms with van der Waals surface area (Å²) in [7, 11) is -2.31. The summed E-state index contributed by atoms with van der Waals surface area (Å²) in [5.41, 5.74) is -1.04. The van der Waals surface area contributed by atoms with Crippen LogP contribution in [0.5, 0.6) is 0 Å². The number of esters is 1. The molecule has 76 valence electrons. The van der Waals surface area contributed by atoms with Crippen LogP contribution >= 0.6 is 0 Å². The third kappa shape index (κ3) is 3.56. The normalized spacial score (nSPS) is 13.5. The van der Waals surface area contributed by atoms with Crippen LogP contribution in [0, 0.1) is 0 Å².